The van der Waals surface area contributed by atoms with E-state index in [9.17, 15) is 4.79 Å². The Labute approximate surface area is 121 Å². The number of aromatic amines is 1. The van der Waals surface area contributed by atoms with Crippen LogP contribution in [-0.4, -0.2) is 15.3 Å². The Morgan fingerprint density at radius 3 is 2.67 bits per heavy atom. The molecule has 0 aliphatic heterocycles. The third-order valence-electron chi connectivity index (χ3n) is 3.28. The Bertz CT molecular complexity index is 842. The van der Waals surface area contributed by atoms with Crippen LogP contribution < -0.4 is 10.9 Å². The first-order valence-corrected chi connectivity index (χ1v) is 6.67. The van der Waals surface area contributed by atoms with Crippen molar-refractivity contribution in [1.82, 2.24) is 15.3 Å². The summed E-state index contributed by atoms with van der Waals surface area (Å²) in [6.45, 7) is 6.38. The van der Waals surface area contributed by atoms with Crippen molar-refractivity contribution >= 4 is 22.5 Å². The lowest BCUT2D eigenvalue weighted by molar-refractivity contribution is 0.314. The summed E-state index contributed by atoms with van der Waals surface area (Å²) in [6.07, 6.45) is 0. The lowest BCUT2D eigenvalue weighted by Gasteiger charge is -2.23. The maximum Gasteiger partial charge on any atom is 0.273 e. The van der Waals surface area contributed by atoms with Crippen LogP contribution in [0.15, 0.2) is 39.8 Å². The molecule has 1 aromatic carbocycles. The largest absolute Gasteiger partial charge is 0.351 e. The van der Waals surface area contributed by atoms with Gasteiger partial charge in [0.25, 0.3) is 5.56 Å². The molecule has 6 nitrogen and oxygen atoms in total. The molecule has 0 bridgehead atoms. The van der Waals surface area contributed by atoms with E-state index in [1.54, 1.807) is 6.07 Å². The Hall–Kier alpha value is -2.63. The lowest BCUT2D eigenvalue weighted by Crippen LogP contribution is -2.16. The van der Waals surface area contributed by atoms with Crippen LogP contribution in [0.25, 0.3) is 11.2 Å². The average Bonchev–Trinajstić information content (AvgIpc) is 2.85. The van der Waals surface area contributed by atoms with Gasteiger partial charge in [-0.2, -0.15) is 0 Å². The molecule has 0 aliphatic rings. The number of anilines is 2. The number of hydrogen-bond donors (Lipinski definition) is 2. The fourth-order valence-electron chi connectivity index (χ4n) is 2.24. The van der Waals surface area contributed by atoms with Gasteiger partial charge in [-0.25, -0.2) is 4.63 Å². The summed E-state index contributed by atoms with van der Waals surface area (Å²) >= 11 is 0. The smallest absolute Gasteiger partial charge is 0.273 e. The van der Waals surface area contributed by atoms with Gasteiger partial charge in [-0.1, -0.05) is 39.0 Å². The zero-order chi connectivity index (χ0) is 15.0. The number of hydrogen-bond acceptors (Lipinski definition) is 5. The second-order valence-electron chi connectivity index (χ2n) is 5.93. The van der Waals surface area contributed by atoms with Gasteiger partial charge in [0, 0.05) is 11.8 Å². The monoisotopic (exact) mass is 284 g/mol. The molecule has 0 atom stereocenters. The standard InChI is InChI=1S/C15H16N4O2/c1-15(2,3)9-6-4-5-7-10(9)16-12-8-11-13(17-14(12)20)19-21-18-11/h4-8,16H,1-3H3,(H,17,19,20). The summed E-state index contributed by atoms with van der Waals surface area (Å²) in [6, 6.07) is 9.55. The quantitative estimate of drug-likeness (QED) is 0.755. The van der Waals surface area contributed by atoms with E-state index in [1.807, 2.05) is 24.3 Å². The van der Waals surface area contributed by atoms with E-state index in [-0.39, 0.29) is 11.0 Å². The van der Waals surface area contributed by atoms with Crippen LogP contribution in [0.1, 0.15) is 26.3 Å². The summed E-state index contributed by atoms with van der Waals surface area (Å²) < 4.78 is 4.61. The third-order valence-corrected chi connectivity index (χ3v) is 3.28. The molecule has 0 saturated heterocycles. The van der Waals surface area contributed by atoms with Gasteiger partial charge in [0.05, 0.1) is 0 Å². The average molecular weight is 284 g/mol. The molecule has 0 aliphatic carbocycles. The van der Waals surface area contributed by atoms with Crippen LogP contribution in [0.4, 0.5) is 11.4 Å². The molecule has 2 heterocycles. The highest BCUT2D eigenvalue weighted by molar-refractivity contribution is 5.75. The Kier molecular flexibility index (Phi) is 3.01. The summed E-state index contributed by atoms with van der Waals surface area (Å²) in [5, 5.41) is 10.5. The van der Waals surface area contributed by atoms with Gasteiger partial charge in [-0.15, -0.1) is 0 Å². The Balaban J connectivity index is 2.07. The summed E-state index contributed by atoms with van der Waals surface area (Å²) in [7, 11) is 0. The predicted octanol–water partition coefficient (Wildman–Crippen LogP) is 2.95. The molecule has 2 N–H and O–H groups in total. The topological polar surface area (TPSA) is 83.8 Å². The first-order chi connectivity index (χ1) is 9.95. The van der Waals surface area contributed by atoms with Crippen molar-refractivity contribution in [2.24, 2.45) is 0 Å². The minimum atomic E-state index is -0.262. The first kappa shape index (κ1) is 13.4. The van der Waals surface area contributed by atoms with Crippen LogP contribution in [0.2, 0.25) is 0 Å². The van der Waals surface area contributed by atoms with E-state index in [2.05, 4.69) is 46.0 Å². The van der Waals surface area contributed by atoms with E-state index in [0.717, 1.165) is 11.3 Å². The highest BCUT2D eigenvalue weighted by Gasteiger charge is 2.18. The number of aromatic nitrogens is 3. The van der Waals surface area contributed by atoms with Gasteiger partial charge in [0.15, 0.2) is 5.52 Å². The molecular formula is C15H16N4O2. The van der Waals surface area contributed by atoms with Crippen molar-refractivity contribution in [3.05, 3.63) is 46.2 Å². The SMILES string of the molecule is CC(C)(C)c1ccccc1Nc1cc2nonc2[nH]c1=O. The summed E-state index contributed by atoms with van der Waals surface area (Å²) in [5.74, 6) is 0. The van der Waals surface area contributed by atoms with Gasteiger partial charge in [-0.3, -0.25) is 4.79 Å². The lowest BCUT2D eigenvalue weighted by atomic mass is 9.86. The van der Waals surface area contributed by atoms with Crippen molar-refractivity contribution in [2.45, 2.75) is 26.2 Å². The molecule has 0 radical (unpaired) electrons. The molecule has 0 amide bonds. The van der Waals surface area contributed by atoms with Crippen molar-refractivity contribution in [3.8, 4) is 0 Å². The zero-order valence-electron chi connectivity index (χ0n) is 12.1. The van der Waals surface area contributed by atoms with Gasteiger partial charge in [-0.05, 0) is 27.4 Å². The number of rotatable bonds is 2. The van der Waals surface area contributed by atoms with E-state index in [4.69, 9.17) is 0 Å². The number of nitrogens with one attached hydrogen (secondary N) is 2. The molecule has 0 fully saturated rings. The molecule has 3 aromatic rings. The third kappa shape index (κ3) is 2.52. The van der Waals surface area contributed by atoms with Crippen LogP contribution in [0, 0.1) is 0 Å². The second-order valence-corrected chi connectivity index (χ2v) is 5.93. The van der Waals surface area contributed by atoms with Crippen molar-refractivity contribution in [2.75, 3.05) is 5.32 Å². The molecule has 0 spiro atoms. The molecule has 108 valence electrons. The molecule has 6 heteroatoms. The van der Waals surface area contributed by atoms with Crippen molar-refractivity contribution in [1.29, 1.82) is 0 Å². The molecule has 0 saturated carbocycles. The number of pyridine rings is 1. The van der Waals surface area contributed by atoms with E-state index >= 15 is 0 Å². The van der Waals surface area contributed by atoms with Crippen molar-refractivity contribution < 1.29 is 4.63 Å². The van der Waals surface area contributed by atoms with Crippen LogP contribution in [-0.2, 0) is 5.41 Å². The zero-order valence-corrected chi connectivity index (χ0v) is 12.1. The maximum absolute atomic E-state index is 12.1. The summed E-state index contributed by atoms with van der Waals surface area (Å²) in [4.78, 5) is 14.7. The van der Waals surface area contributed by atoms with Crippen LogP contribution in [0.3, 0.4) is 0 Å². The van der Waals surface area contributed by atoms with Crippen LogP contribution in [0.5, 0.6) is 0 Å². The van der Waals surface area contributed by atoms with E-state index in [0.29, 0.717) is 16.9 Å². The Morgan fingerprint density at radius 1 is 1.14 bits per heavy atom. The fourth-order valence-corrected chi connectivity index (χ4v) is 2.24. The molecular weight excluding hydrogens is 268 g/mol. The highest BCUT2D eigenvalue weighted by atomic mass is 16.6. The van der Waals surface area contributed by atoms with Gasteiger partial charge in [0.1, 0.15) is 5.69 Å². The van der Waals surface area contributed by atoms with Crippen LogP contribution >= 0.6 is 0 Å². The maximum atomic E-state index is 12.1. The molecule has 21 heavy (non-hydrogen) atoms. The number of benzene rings is 1. The fraction of sp³-hybridized carbons (Fsp3) is 0.267. The number of fused-ring (bicyclic) bond motifs is 1. The first-order valence-electron chi connectivity index (χ1n) is 6.67. The number of para-hydroxylation sites is 1. The second kappa shape index (κ2) is 4.73. The van der Waals surface area contributed by atoms with Crippen molar-refractivity contribution in [3.63, 3.8) is 0 Å². The normalized spacial score (nSPS) is 11.8. The van der Waals surface area contributed by atoms with E-state index < -0.39 is 0 Å². The van der Waals surface area contributed by atoms with E-state index in [1.165, 1.54) is 0 Å². The molecule has 2 aromatic heterocycles. The van der Waals surface area contributed by atoms with Gasteiger partial charge < -0.3 is 10.3 Å². The minimum Gasteiger partial charge on any atom is -0.351 e. The highest BCUT2D eigenvalue weighted by Crippen LogP contribution is 2.30. The molecule has 3 rings (SSSR count). The predicted molar refractivity (Wildman–Crippen MR) is 80.8 cm³/mol. The van der Waals surface area contributed by atoms with Gasteiger partial charge in [0.2, 0.25) is 5.65 Å². The summed E-state index contributed by atoms with van der Waals surface area (Å²) in [5.41, 5.74) is 2.99. The minimum absolute atomic E-state index is 0.0318. The Morgan fingerprint density at radius 2 is 1.90 bits per heavy atom. The van der Waals surface area contributed by atoms with Gasteiger partial charge >= 0.3 is 0 Å². The number of nitrogens with zero attached hydrogens (tertiary/aromatic N) is 2. The number of H-pyrrole nitrogens is 1. The molecule has 0 unspecified atom stereocenters.